The Morgan fingerprint density at radius 3 is 1.73 bits per heavy atom. The first kappa shape index (κ1) is 47.3. The van der Waals surface area contributed by atoms with E-state index in [4.69, 9.17) is 0 Å². The second-order valence-electron chi connectivity index (χ2n) is 15.4. The van der Waals surface area contributed by atoms with Gasteiger partial charge in [0.2, 0.25) is 29.5 Å². The normalized spacial score (nSPS) is 14.2. The first-order chi connectivity index (χ1) is 27.9. The maximum Gasteiger partial charge on any atom is 0.326 e. The average molecular weight is 816 g/mol. The summed E-state index contributed by atoms with van der Waals surface area (Å²) < 4.78 is 0. The molecule has 0 saturated heterocycles. The van der Waals surface area contributed by atoms with E-state index in [1.807, 2.05) is 68.4 Å². The number of carbonyl (C=O) groups excluding carboxylic acids is 5. The lowest BCUT2D eigenvalue weighted by molar-refractivity contribution is -0.143. The van der Waals surface area contributed by atoms with Gasteiger partial charge in [-0.1, -0.05) is 113 Å². The molecular weight excluding hydrogens is 759 g/mol. The van der Waals surface area contributed by atoms with E-state index < -0.39 is 90.6 Å². The minimum Gasteiger partial charge on any atom is -0.481 e. The third-order valence-electron chi connectivity index (χ3n) is 9.55. The fraction of sp³-hybridized carbons (Fsp3) is 0.432. The van der Waals surface area contributed by atoms with Gasteiger partial charge in [-0.05, 0) is 53.9 Å². The zero-order valence-corrected chi connectivity index (χ0v) is 34.1. The molecule has 0 aliphatic rings. The lowest BCUT2D eigenvalue weighted by atomic mass is 9.96. The number of aliphatic hydroxyl groups is 1. The van der Waals surface area contributed by atoms with Crippen LogP contribution in [0, 0.1) is 11.8 Å². The molecule has 0 bridgehead atoms. The number of carboxylic acids is 2. The van der Waals surface area contributed by atoms with E-state index in [2.05, 4.69) is 26.6 Å². The number of amides is 5. The molecule has 5 amide bonds. The lowest BCUT2D eigenvalue weighted by Gasteiger charge is -2.28. The molecule has 1 unspecified atom stereocenters. The second-order valence-corrected chi connectivity index (χ2v) is 15.4. The molecule has 0 heterocycles. The van der Waals surface area contributed by atoms with E-state index in [9.17, 15) is 48.9 Å². The zero-order chi connectivity index (χ0) is 43.6. The Balaban J connectivity index is 1.59. The number of nitrogens with one attached hydrogen (secondary N) is 5. The van der Waals surface area contributed by atoms with Crippen LogP contribution in [0.1, 0.15) is 71.4 Å². The van der Waals surface area contributed by atoms with Gasteiger partial charge in [-0.3, -0.25) is 28.8 Å². The summed E-state index contributed by atoms with van der Waals surface area (Å²) in [7, 11) is 0. The van der Waals surface area contributed by atoms with Gasteiger partial charge in [0.05, 0.1) is 25.0 Å². The van der Waals surface area contributed by atoms with Gasteiger partial charge >= 0.3 is 11.9 Å². The fourth-order valence-corrected chi connectivity index (χ4v) is 6.33. The van der Waals surface area contributed by atoms with Crippen LogP contribution in [-0.2, 0) is 46.4 Å². The van der Waals surface area contributed by atoms with Gasteiger partial charge in [0.15, 0.2) is 0 Å². The monoisotopic (exact) mass is 815 g/mol. The molecule has 0 spiro atoms. The molecule has 318 valence electrons. The number of aliphatic hydroxyl groups excluding tert-OH is 1. The van der Waals surface area contributed by atoms with Crippen LogP contribution in [-0.4, -0.2) is 93.1 Å². The van der Waals surface area contributed by atoms with Gasteiger partial charge in [-0.2, -0.15) is 0 Å². The Morgan fingerprint density at radius 1 is 0.593 bits per heavy atom. The number of carbonyl (C=O) groups is 7. The van der Waals surface area contributed by atoms with Crippen LogP contribution in [0.5, 0.6) is 0 Å². The SMILES string of the molecule is CC(C)CC(NC(=O)Cc1ccc(-c2ccccc2)cc1)[C@@H](O)CC(=O)N[C@@H](C(=O)N[C@H](C)C(=O)N[C@H](CCC(=O)O)C(=O)N[C@H](Cc1ccccc1)C(=O)O)C(C)C. The van der Waals surface area contributed by atoms with Gasteiger partial charge in [0, 0.05) is 12.8 Å². The summed E-state index contributed by atoms with van der Waals surface area (Å²) in [5.74, 6) is -6.51. The summed E-state index contributed by atoms with van der Waals surface area (Å²) in [5, 5.41) is 42.9. The molecule has 15 nitrogen and oxygen atoms in total. The van der Waals surface area contributed by atoms with Crippen LogP contribution in [0.2, 0.25) is 0 Å². The van der Waals surface area contributed by atoms with Crippen molar-refractivity contribution in [3.63, 3.8) is 0 Å². The number of rotatable bonds is 23. The summed E-state index contributed by atoms with van der Waals surface area (Å²) in [6, 6.07) is 19.9. The zero-order valence-electron chi connectivity index (χ0n) is 34.1. The van der Waals surface area contributed by atoms with Crippen LogP contribution in [0.25, 0.3) is 11.1 Å². The van der Waals surface area contributed by atoms with Crippen LogP contribution in [0.3, 0.4) is 0 Å². The van der Waals surface area contributed by atoms with Crippen molar-refractivity contribution in [3.05, 3.63) is 96.1 Å². The van der Waals surface area contributed by atoms with Crippen LogP contribution >= 0.6 is 0 Å². The molecule has 0 fully saturated rings. The predicted molar refractivity (Wildman–Crippen MR) is 220 cm³/mol. The molecule has 0 aromatic heterocycles. The maximum atomic E-state index is 13.4. The largest absolute Gasteiger partial charge is 0.481 e. The summed E-state index contributed by atoms with van der Waals surface area (Å²) in [6.07, 6.45) is -2.23. The highest BCUT2D eigenvalue weighted by atomic mass is 16.4. The van der Waals surface area contributed by atoms with Crippen molar-refractivity contribution in [1.82, 2.24) is 26.6 Å². The van der Waals surface area contributed by atoms with E-state index in [1.54, 1.807) is 44.2 Å². The second kappa shape index (κ2) is 23.3. The molecule has 0 radical (unpaired) electrons. The van der Waals surface area contributed by atoms with Gasteiger partial charge in [0.1, 0.15) is 24.2 Å². The molecule has 0 aliphatic carbocycles. The Morgan fingerprint density at radius 2 is 1.17 bits per heavy atom. The van der Waals surface area contributed by atoms with Crippen molar-refractivity contribution >= 4 is 41.5 Å². The smallest absolute Gasteiger partial charge is 0.326 e. The van der Waals surface area contributed by atoms with Crippen LogP contribution in [0.15, 0.2) is 84.9 Å². The van der Waals surface area contributed by atoms with Crippen molar-refractivity contribution in [3.8, 4) is 11.1 Å². The molecule has 0 saturated carbocycles. The highest BCUT2D eigenvalue weighted by Crippen LogP contribution is 2.20. The Kier molecular flexibility index (Phi) is 18.7. The van der Waals surface area contributed by atoms with Crippen molar-refractivity contribution < 1.29 is 48.9 Å². The van der Waals surface area contributed by atoms with Crippen molar-refractivity contribution in [1.29, 1.82) is 0 Å². The van der Waals surface area contributed by atoms with Crippen molar-refractivity contribution in [2.45, 2.75) is 109 Å². The van der Waals surface area contributed by atoms with Crippen molar-refractivity contribution in [2.75, 3.05) is 0 Å². The summed E-state index contributed by atoms with van der Waals surface area (Å²) in [6.45, 7) is 8.50. The maximum absolute atomic E-state index is 13.4. The number of carboxylic acid groups (broad SMARTS) is 2. The first-order valence-electron chi connectivity index (χ1n) is 19.7. The minimum absolute atomic E-state index is 0.0615. The standard InChI is InChI=1S/C44H57N5O10/c1-26(2)22-34(46-37(51)24-30-16-18-32(19-17-30)31-14-10-7-11-15-31)36(50)25-38(52)49-40(27(3)4)43(57)45-28(5)41(55)47-33(20-21-39(53)54)42(56)48-35(44(58)59)23-29-12-8-6-9-13-29/h6-19,26-28,33-36,40,50H,20-25H2,1-5H3,(H,45,57)(H,46,51)(H,47,55)(H,48,56)(H,49,52)(H,53,54)(H,58,59)/t28-,33-,34?,35-,36+,40-/m1/s1. The molecule has 15 heteroatoms. The Bertz CT molecular complexity index is 1870. The minimum atomic E-state index is -1.45. The number of hydrogen-bond acceptors (Lipinski definition) is 8. The van der Waals surface area contributed by atoms with Gasteiger partial charge in [-0.15, -0.1) is 0 Å². The molecule has 3 aromatic carbocycles. The summed E-state index contributed by atoms with van der Waals surface area (Å²) in [5.41, 5.74) is 3.46. The third-order valence-corrected chi connectivity index (χ3v) is 9.55. The fourth-order valence-electron chi connectivity index (χ4n) is 6.33. The first-order valence-corrected chi connectivity index (χ1v) is 19.7. The molecule has 6 atom stereocenters. The Hall–Kier alpha value is -6.09. The topological polar surface area (TPSA) is 240 Å². The van der Waals surface area contributed by atoms with Crippen LogP contribution < -0.4 is 26.6 Å². The third kappa shape index (κ3) is 16.4. The number of hydrogen-bond donors (Lipinski definition) is 8. The van der Waals surface area contributed by atoms with E-state index >= 15 is 0 Å². The Labute approximate surface area is 344 Å². The van der Waals surface area contributed by atoms with E-state index in [0.29, 0.717) is 12.0 Å². The summed E-state index contributed by atoms with van der Waals surface area (Å²) in [4.78, 5) is 89.4. The predicted octanol–water partition coefficient (Wildman–Crippen LogP) is 2.99. The number of benzene rings is 3. The van der Waals surface area contributed by atoms with E-state index in [0.717, 1.165) is 16.7 Å². The quantitative estimate of drug-likeness (QED) is 0.0696. The van der Waals surface area contributed by atoms with Gasteiger partial charge < -0.3 is 41.9 Å². The molecule has 59 heavy (non-hydrogen) atoms. The molecular formula is C44H57N5O10. The van der Waals surface area contributed by atoms with E-state index in [1.165, 1.54) is 6.92 Å². The van der Waals surface area contributed by atoms with Crippen molar-refractivity contribution in [2.24, 2.45) is 11.8 Å². The van der Waals surface area contributed by atoms with E-state index in [-0.39, 0.29) is 31.1 Å². The van der Waals surface area contributed by atoms with Gasteiger partial charge in [0.25, 0.3) is 0 Å². The molecule has 8 N–H and O–H groups in total. The highest BCUT2D eigenvalue weighted by molar-refractivity contribution is 5.95. The van der Waals surface area contributed by atoms with Crippen LogP contribution in [0.4, 0.5) is 0 Å². The average Bonchev–Trinajstić information content (AvgIpc) is 3.18. The molecule has 0 aliphatic heterocycles. The summed E-state index contributed by atoms with van der Waals surface area (Å²) >= 11 is 0. The van der Waals surface area contributed by atoms with Gasteiger partial charge in [-0.25, -0.2) is 4.79 Å². The number of aliphatic carboxylic acids is 2. The lowest BCUT2D eigenvalue weighted by Crippen LogP contribution is -2.58. The molecule has 3 rings (SSSR count). The molecule has 3 aromatic rings. The highest BCUT2D eigenvalue weighted by Gasteiger charge is 2.32.